The Labute approximate surface area is 103 Å². The first-order valence-corrected chi connectivity index (χ1v) is 5.82. The monoisotopic (exact) mass is 272 g/mol. The van der Waals surface area contributed by atoms with Gasteiger partial charge >= 0.3 is 6.09 Å². The third kappa shape index (κ3) is 2.81. The van der Waals surface area contributed by atoms with Gasteiger partial charge < -0.3 is 15.0 Å². The van der Waals surface area contributed by atoms with Crippen molar-refractivity contribution in [2.75, 3.05) is 19.7 Å². The molecule has 1 N–H and O–H groups in total. The van der Waals surface area contributed by atoms with E-state index in [2.05, 4.69) is 5.32 Å². The summed E-state index contributed by atoms with van der Waals surface area (Å²) in [5.74, 6) is 0. The fraction of sp³-hybridized carbons (Fsp3) is 0.875. The summed E-state index contributed by atoms with van der Waals surface area (Å²) >= 11 is 16.5. The smallest absolute Gasteiger partial charge is 0.410 e. The predicted octanol–water partition coefficient (Wildman–Crippen LogP) is 1.54. The van der Waals surface area contributed by atoms with Crippen LogP contribution in [0.25, 0.3) is 0 Å². The van der Waals surface area contributed by atoms with Crippen LogP contribution in [0.2, 0.25) is 0 Å². The van der Waals surface area contributed by atoms with Crippen molar-refractivity contribution in [3.05, 3.63) is 0 Å². The zero-order valence-corrected chi connectivity index (χ0v) is 10.1. The minimum Gasteiger partial charge on any atom is -0.445 e. The van der Waals surface area contributed by atoms with Crippen molar-refractivity contribution in [2.45, 2.75) is 22.3 Å². The number of nitrogens with one attached hydrogen (secondary N) is 1. The molecule has 0 aromatic carbocycles. The number of carbonyl (C=O) groups is 1. The molecule has 86 valence electrons. The molecule has 2 aliphatic rings. The summed E-state index contributed by atoms with van der Waals surface area (Å²) in [4.78, 5) is 13.3. The van der Waals surface area contributed by atoms with Gasteiger partial charge in [-0.05, 0) is 6.42 Å². The quantitative estimate of drug-likeness (QED) is 0.737. The molecule has 2 heterocycles. The molecule has 2 unspecified atom stereocenters. The maximum Gasteiger partial charge on any atom is 0.410 e. The van der Waals surface area contributed by atoms with Crippen LogP contribution < -0.4 is 5.32 Å². The summed E-state index contributed by atoms with van der Waals surface area (Å²) in [6, 6.07) is 0.633. The molecular weight excluding hydrogens is 262 g/mol. The maximum atomic E-state index is 11.6. The molecule has 2 aliphatic heterocycles. The summed E-state index contributed by atoms with van der Waals surface area (Å²) in [5.41, 5.74) is 0. The molecule has 0 aromatic heterocycles. The van der Waals surface area contributed by atoms with Gasteiger partial charge in [-0.3, -0.25) is 0 Å². The highest BCUT2D eigenvalue weighted by Gasteiger charge is 2.41. The molecule has 0 radical (unpaired) electrons. The maximum absolute atomic E-state index is 11.6. The number of likely N-dealkylation sites (tertiary alicyclic amines) is 1. The Bertz CT molecular complexity index is 269. The molecule has 0 spiro atoms. The van der Waals surface area contributed by atoms with Gasteiger partial charge in [-0.1, -0.05) is 34.8 Å². The van der Waals surface area contributed by atoms with Crippen molar-refractivity contribution >= 4 is 40.9 Å². The minimum atomic E-state index is -1.54. The normalized spacial score (nSPS) is 29.7. The molecule has 0 saturated carbocycles. The van der Waals surface area contributed by atoms with E-state index in [1.54, 1.807) is 4.90 Å². The van der Waals surface area contributed by atoms with Crippen LogP contribution in [0, 0.1) is 0 Å². The molecule has 15 heavy (non-hydrogen) atoms. The second-order valence-corrected chi connectivity index (χ2v) is 6.33. The third-order valence-electron chi connectivity index (χ3n) is 2.65. The van der Waals surface area contributed by atoms with Crippen LogP contribution >= 0.6 is 34.8 Å². The Morgan fingerprint density at radius 2 is 2.27 bits per heavy atom. The van der Waals surface area contributed by atoms with E-state index in [4.69, 9.17) is 39.5 Å². The van der Waals surface area contributed by atoms with Gasteiger partial charge in [0.05, 0.1) is 0 Å². The number of carbonyl (C=O) groups excluding carboxylic acids is 1. The molecular formula is C8H11Cl3N2O2. The first-order valence-electron chi connectivity index (χ1n) is 4.69. The van der Waals surface area contributed by atoms with E-state index in [1.165, 1.54) is 0 Å². The summed E-state index contributed by atoms with van der Waals surface area (Å²) in [6.07, 6.45) is 0.596. The molecule has 0 aliphatic carbocycles. The average molecular weight is 274 g/mol. The van der Waals surface area contributed by atoms with Gasteiger partial charge in [-0.25, -0.2) is 4.79 Å². The van der Waals surface area contributed by atoms with E-state index in [-0.39, 0.29) is 12.6 Å². The highest BCUT2D eigenvalue weighted by atomic mass is 35.6. The number of piperazine rings is 1. The van der Waals surface area contributed by atoms with Gasteiger partial charge in [-0.2, -0.15) is 0 Å². The largest absolute Gasteiger partial charge is 0.445 e. The van der Waals surface area contributed by atoms with Gasteiger partial charge in [0.1, 0.15) is 6.61 Å². The van der Waals surface area contributed by atoms with Crippen LogP contribution in [0.4, 0.5) is 4.79 Å². The lowest BCUT2D eigenvalue weighted by Gasteiger charge is -2.27. The zero-order chi connectivity index (χ0) is 11.1. The lowest BCUT2D eigenvalue weighted by molar-refractivity contribution is 0.0952. The molecule has 2 fully saturated rings. The number of nitrogens with zero attached hydrogens (tertiary/aromatic N) is 1. The van der Waals surface area contributed by atoms with Crippen molar-refractivity contribution in [2.24, 2.45) is 0 Å². The first kappa shape index (κ1) is 11.6. The number of fused-ring (bicyclic) bond motifs is 2. The van der Waals surface area contributed by atoms with Gasteiger partial charge in [-0.15, -0.1) is 0 Å². The van der Waals surface area contributed by atoms with Crippen LogP contribution in [0.1, 0.15) is 6.42 Å². The second kappa shape index (κ2) is 4.17. The first-order chi connectivity index (χ1) is 6.96. The Balaban J connectivity index is 1.82. The van der Waals surface area contributed by atoms with Crippen LogP contribution in [0.3, 0.4) is 0 Å². The molecule has 1 amide bonds. The topological polar surface area (TPSA) is 41.6 Å². The number of rotatable bonds is 1. The van der Waals surface area contributed by atoms with Crippen molar-refractivity contribution in [1.29, 1.82) is 0 Å². The SMILES string of the molecule is O=C(OCC(Cl)(Cl)Cl)N1CC2CC1CN2. The van der Waals surface area contributed by atoms with Crippen LogP contribution in [0.15, 0.2) is 0 Å². The van der Waals surface area contributed by atoms with E-state index < -0.39 is 9.89 Å². The minimum absolute atomic E-state index is 0.211. The number of hydrogen-bond donors (Lipinski definition) is 1. The molecule has 0 aromatic rings. The second-order valence-electron chi connectivity index (χ2n) is 3.82. The van der Waals surface area contributed by atoms with Gasteiger partial charge in [0.2, 0.25) is 3.79 Å². The van der Waals surface area contributed by atoms with Crippen molar-refractivity contribution in [3.63, 3.8) is 0 Å². The summed E-state index contributed by atoms with van der Waals surface area (Å²) in [7, 11) is 0. The number of ether oxygens (including phenoxy) is 1. The number of alkyl halides is 3. The number of amides is 1. The van der Waals surface area contributed by atoms with Gasteiger partial charge in [0.15, 0.2) is 0 Å². The molecule has 4 nitrogen and oxygen atoms in total. The lowest BCUT2D eigenvalue weighted by Crippen LogP contribution is -2.47. The molecule has 2 atom stereocenters. The van der Waals surface area contributed by atoms with Gasteiger partial charge in [0.25, 0.3) is 0 Å². The van der Waals surface area contributed by atoms with E-state index in [0.717, 1.165) is 13.0 Å². The van der Waals surface area contributed by atoms with E-state index in [9.17, 15) is 4.79 Å². The number of hydrogen-bond acceptors (Lipinski definition) is 3. The Kier molecular flexibility index (Phi) is 3.22. The van der Waals surface area contributed by atoms with E-state index in [1.807, 2.05) is 0 Å². The Hall–Kier alpha value is 0.1000. The standard InChI is InChI=1S/C8H11Cl3N2O2/c9-8(10,11)4-15-7(14)13-3-5-1-6(13)2-12-5/h5-6,12H,1-4H2. The van der Waals surface area contributed by atoms with Crippen molar-refractivity contribution < 1.29 is 9.53 Å². The van der Waals surface area contributed by atoms with E-state index >= 15 is 0 Å². The van der Waals surface area contributed by atoms with Crippen LogP contribution in [0.5, 0.6) is 0 Å². The molecule has 7 heteroatoms. The molecule has 2 saturated heterocycles. The van der Waals surface area contributed by atoms with Crippen molar-refractivity contribution in [1.82, 2.24) is 10.2 Å². The fourth-order valence-corrected chi connectivity index (χ4v) is 2.17. The van der Waals surface area contributed by atoms with Gasteiger partial charge in [0, 0.05) is 25.2 Å². The Morgan fingerprint density at radius 3 is 2.73 bits per heavy atom. The summed E-state index contributed by atoms with van der Waals surface area (Å²) < 4.78 is 3.37. The highest BCUT2D eigenvalue weighted by molar-refractivity contribution is 6.67. The van der Waals surface area contributed by atoms with Crippen LogP contribution in [-0.4, -0.2) is 46.6 Å². The lowest BCUT2D eigenvalue weighted by atomic mass is 10.2. The third-order valence-corrected chi connectivity index (χ3v) is 2.98. The highest BCUT2D eigenvalue weighted by Crippen LogP contribution is 2.28. The van der Waals surface area contributed by atoms with Crippen molar-refractivity contribution in [3.8, 4) is 0 Å². The summed E-state index contributed by atoms with van der Waals surface area (Å²) in [5, 5.41) is 3.29. The van der Waals surface area contributed by atoms with E-state index in [0.29, 0.717) is 12.6 Å². The predicted molar refractivity (Wildman–Crippen MR) is 58.5 cm³/mol. The zero-order valence-electron chi connectivity index (χ0n) is 7.88. The molecule has 2 rings (SSSR count). The fourth-order valence-electron chi connectivity index (χ4n) is 2.01. The Morgan fingerprint density at radius 1 is 1.53 bits per heavy atom. The average Bonchev–Trinajstić information content (AvgIpc) is 2.73. The number of halogens is 3. The summed E-state index contributed by atoms with van der Waals surface area (Å²) in [6.45, 7) is 1.30. The molecule has 2 bridgehead atoms. The van der Waals surface area contributed by atoms with Crippen LogP contribution in [-0.2, 0) is 4.74 Å².